The molecule has 1 unspecified atom stereocenters. The molecule has 1 N–H and O–H groups in total. The summed E-state index contributed by atoms with van der Waals surface area (Å²) >= 11 is 0. The number of allylic oxidation sites excluding steroid dienone is 4. The Morgan fingerprint density at radius 1 is 1.12 bits per heavy atom. The van der Waals surface area contributed by atoms with E-state index in [9.17, 15) is 31.1 Å². The minimum absolute atomic E-state index is 0.0931. The molecule has 0 saturated carbocycles. The highest BCUT2D eigenvalue weighted by molar-refractivity contribution is 5.62. The first-order chi connectivity index (χ1) is 11.5. The summed E-state index contributed by atoms with van der Waals surface area (Å²) in [6.07, 6.45) is -5.97. The van der Waals surface area contributed by atoms with Crippen LogP contribution in [0.3, 0.4) is 0 Å². The zero-order valence-electron chi connectivity index (χ0n) is 13.1. The topological polar surface area (TPSA) is 29.1 Å². The highest BCUT2D eigenvalue weighted by Gasteiger charge is 2.36. The van der Waals surface area contributed by atoms with E-state index >= 15 is 0 Å². The molecule has 0 aliphatic rings. The van der Waals surface area contributed by atoms with E-state index in [0.717, 1.165) is 42.5 Å². The van der Waals surface area contributed by atoms with Gasteiger partial charge < -0.3 is 10.1 Å². The van der Waals surface area contributed by atoms with Gasteiger partial charge in [-0.25, -0.2) is 0 Å². The number of hydrogen-bond donors (Lipinski definition) is 1. The van der Waals surface area contributed by atoms with Crippen molar-refractivity contribution in [3.05, 3.63) is 71.5 Å². The summed E-state index contributed by atoms with van der Waals surface area (Å²) in [5.74, 6) is 0. The van der Waals surface area contributed by atoms with Crippen molar-refractivity contribution in [3.63, 3.8) is 0 Å². The van der Waals surface area contributed by atoms with Gasteiger partial charge >= 0.3 is 12.4 Å². The van der Waals surface area contributed by atoms with Crippen molar-refractivity contribution in [2.45, 2.75) is 25.3 Å². The van der Waals surface area contributed by atoms with Gasteiger partial charge in [0.1, 0.15) is 12.3 Å². The van der Waals surface area contributed by atoms with Crippen molar-refractivity contribution >= 4 is 6.29 Å². The van der Waals surface area contributed by atoms with E-state index < -0.39 is 35.2 Å². The van der Waals surface area contributed by atoms with Crippen LogP contribution >= 0.6 is 0 Å². The molecule has 0 fully saturated rings. The van der Waals surface area contributed by atoms with E-state index in [-0.39, 0.29) is 5.56 Å². The van der Waals surface area contributed by atoms with Crippen LogP contribution in [0.1, 0.15) is 24.1 Å². The SMILES string of the molecule is C=C/C=C(NC(C=O)c1ccc(C(F)(F)F)cc1)\C(=C/C)C(F)(F)F. The molecule has 0 aromatic heterocycles. The molecule has 1 aromatic carbocycles. The molecule has 0 aliphatic heterocycles. The third kappa shape index (κ3) is 5.51. The van der Waals surface area contributed by atoms with Gasteiger partial charge in [0.15, 0.2) is 0 Å². The number of benzene rings is 1. The van der Waals surface area contributed by atoms with Gasteiger partial charge in [0.05, 0.1) is 11.1 Å². The molecule has 0 heterocycles. The number of carbonyl (C=O) groups is 1. The average Bonchev–Trinajstić information content (AvgIpc) is 2.51. The maximum absolute atomic E-state index is 13.0. The Kier molecular flexibility index (Phi) is 6.61. The molecule has 1 aromatic rings. The number of rotatable bonds is 6. The largest absolute Gasteiger partial charge is 0.418 e. The minimum Gasteiger partial charge on any atom is -0.371 e. The van der Waals surface area contributed by atoms with Gasteiger partial charge in [-0.05, 0) is 30.7 Å². The second-order valence-corrected chi connectivity index (χ2v) is 4.89. The lowest BCUT2D eigenvalue weighted by atomic mass is 10.0. The summed E-state index contributed by atoms with van der Waals surface area (Å²) in [5, 5.41) is 2.39. The molecule has 1 atom stereocenters. The maximum Gasteiger partial charge on any atom is 0.418 e. The molecule has 8 heteroatoms. The van der Waals surface area contributed by atoms with Crippen molar-refractivity contribution in [1.82, 2.24) is 5.32 Å². The molecular formula is C17H15F6NO. The van der Waals surface area contributed by atoms with Crippen LogP contribution in [0.25, 0.3) is 0 Å². The lowest BCUT2D eigenvalue weighted by Crippen LogP contribution is -2.27. The first-order valence-corrected chi connectivity index (χ1v) is 7.00. The van der Waals surface area contributed by atoms with Crippen LogP contribution in [0.2, 0.25) is 0 Å². The van der Waals surface area contributed by atoms with E-state index in [1.165, 1.54) is 6.92 Å². The second kappa shape index (κ2) is 8.04. The summed E-state index contributed by atoms with van der Waals surface area (Å²) in [5.41, 5.74) is -2.27. The average molecular weight is 363 g/mol. The summed E-state index contributed by atoms with van der Waals surface area (Å²) in [6.45, 7) is 4.50. The number of alkyl halides is 6. The maximum atomic E-state index is 13.0. The second-order valence-electron chi connectivity index (χ2n) is 4.89. The van der Waals surface area contributed by atoms with Gasteiger partial charge in [0.25, 0.3) is 0 Å². The Morgan fingerprint density at radius 3 is 2.04 bits per heavy atom. The fraction of sp³-hybridized carbons (Fsp3) is 0.235. The van der Waals surface area contributed by atoms with E-state index in [1.54, 1.807) is 0 Å². The lowest BCUT2D eigenvalue weighted by molar-refractivity contribution is -0.137. The van der Waals surface area contributed by atoms with Gasteiger partial charge in [0, 0.05) is 5.70 Å². The van der Waals surface area contributed by atoms with Gasteiger partial charge in [-0.15, -0.1) is 0 Å². The number of halogens is 6. The van der Waals surface area contributed by atoms with Crippen LogP contribution in [0, 0.1) is 0 Å². The van der Waals surface area contributed by atoms with Crippen molar-refractivity contribution in [1.29, 1.82) is 0 Å². The summed E-state index contributed by atoms with van der Waals surface area (Å²) in [6, 6.07) is 2.31. The Balaban J connectivity index is 3.16. The molecule has 0 aliphatic carbocycles. The van der Waals surface area contributed by atoms with Crippen molar-refractivity contribution in [3.8, 4) is 0 Å². The molecule has 25 heavy (non-hydrogen) atoms. The molecule has 2 nitrogen and oxygen atoms in total. The molecule has 1 rings (SSSR count). The number of aldehydes is 1. The van der Waals surface area contributed by atoms with Gasteiger partial charge in [-0.3, -0.25) is 0 Å². The zero-order valence-corrected chi connectivity index (χ0v) is 13.1. The van der Waals surface area contributed by atoms with Crippen LogP contribution in [-0.4, -0.2) is 12.5 Å². The van der Waals surface area contributed by atoms with Crippen molar-refractivity contribution < 1.29 is 31.1 Å². The third-order valence-electron chi connectivity index (χ3n) is 3.21. The highest BCUT2D eigenvalue weighted by Crippen LogP contribution is 2.32. The summed E-state index contributed by atoms with van der Waals surface area (Å²) in [7, 11) is 0. The Bertz CT molecular complexity index is 668. The molecule has 0 spiro atoms. The molecule has 0 saturated heterocycles. The standard InChI is InChI=1S/C17H15F6NO/c1-3-5-14(13(4-2)17(21,22)23)24-15(10-25)11-6-8-12(9-7-11)16(18,19)20/h3-10,15,24H,1H2,2H3/b13-4+,14-5+. The molecule has 0 bridgehead atoms. The zero-order chi connectivity index (χ0) is 19.3. The Morgan fingerprint density at radius 2 is 1.68 bits per heavy atom. The summed E-state index contributed by atoms with van der Waals surface area (Å²) in [4.78, 5) is 11.2. The minimum atomic E-state index is -4.68. The fourth-order valence-electron chi connectivity index (χ4n) is 2.05. The first kappa shape index (κ1) is 20.5. The van der Waals surface area contributed by atoms with Crippen molar-refractivity contribution in [2.75, 3.05) is 0 Å². The molecular weight excluding hydrogens is 348 g/mol. The van der Waals surface area contributed by atoms with Crippen LogP contribution in [0.4, 0.5) is 26.3 Å². The number of hydrogen-bond acceptors (Lipinski definition) is 2. The van der Waals surface area contributed by atoms with E-state index in [1.807, 2.05) is 0 Å². The normalized spacial score (nSPS) is 14.8. The first-order valence-electron chi connectivity index (χ1n) is 7.00. The Hall–Kier alpha value is -2.51. The van der Waals surface area contributed by atoms with Crippen LogP contribution in [0.5, 0.6) is 0 Å². The molecule has 0 radical (unpaired) electrons. The number of carbonyl (C=O) groups excluding carboxylic acids is 1. The van der Waals surface area contributed by atoms with Crippen LogP contribution in [-0.2, 0) is 11.0 Å². The third-order valence-corrected chi connectivity index (χ3v) is 3.21. The van der Waals surface area contributed by atoms with E-state index in [2.05, 4.69) is 11.9 Å². The lowest BCUT2D eigenvalue weighted by Gasteiger charge is -2.21. The predicted molar refractivity (Wildman–Crippen MR) is 81.5 cm³/mol. The predicted octanol–water partition coefficient (Wildman–Crippen LogP) is 5.11. The van der Waals surface area contributed by atoms with E-state index in [0.29, 0.717) is 6.29 Å². The van der Waals surface area contributed by atoms with Crippen LogP contribution in [0.15, 0.2) is 60.3 Å². The number of nitrogens with one attached hydrogen (secondary N) is 1. The van der Waals surface area contributed by atoms with Crippen LogP contribution < -0.4 is 5.32 Å². The summed E-state index contributed by atoms with van der Waals surface area (Å²) < 4.78 is 76.8. The Labute approximate surface area is 140 Å². The van der Waals surface area contributed by atoms with E-state index in [4.69, 9.17) is 0 Å². The van der Waals surface area contributed by atoms with Gasteiger partial charge in [-0.1, -0.05) is 30.9 Å². The fourth-order valence-corrected chi connectivity index (χ4v) is 2.05. The quantitative estimate of drug-likeness (QED) is 0.432. The van der Waals surface area contributed by atoms with Gasteiger partial charge in [0.2, 0.25) is 0 Å². The molecule has 136 valence electrons. The highest BCUT2D eigenvalue weighted by atomic mass is 19.4. The monoisotopic (exact) mass is 363 g/mol. The van der Waals surface area contributed by atoms with Gasteiger partial charge in [-0.2, -0.15) is 26.3 Å². The molecule has 0 amide bonds. The smallest absolute Gasteiger partial charge is 0.371 e. The van der Waals surface area contributed by atoms with Crippen molar-refractivity contribution in [2.24, 2.45) is 0 Å².